The van der Waals surface area contributed by atoms with Crippen LogP contribution in [0.25, 0.3) is 10.9 Å². The lowest BCUT2D eigenvalue weighted by Gasteiger charge is -2.22. The second-order valence-electron chi connectivity index (χ2n) is 8.33. The normalized spacial score (nSPS) is 18.7. The van der Waals surface area contributed by atoms with Gasteiger partial charge in [-0.25, -0.2) is 0 Å². The largest absolute Gasteiger partial charge is 0.468 e. The maximum atomic E-state index is 13.0. The number of esters is 1. The van der Waals surface area contributed by atoms with Crippen LogP contribution in [-0.4, -0.2) is 47.5 Å². The zero-order valence-corrected chi connectivity index (χ0v) is 18.5. The third kappa shape index (κ3) is 5.36. The zero-order chi connectivity index (χ0) is 24.3. The first-order chi connectivity index (χ1) is 16.2. The van der Waals surface area contributed by atoms with E-state index in [4.69, 9.17) is 4.74 Å². The fourth-order valence-corrected chi connectivity index (χ4v) is 4.40. The Morgan fingerprint density at radius 1 is 1.15 bits per heavy atom. The van der Waals surface area contributed by atoms with Gasteiger partial charge in [0.05, 0.1) is 24.6 Å². The predicted molar refractivity (Wildman–Crippen MR) is 120 cm³/mol. The van der Waals surface area contributed by atoms with Crippen molar-refractivity contribution in [2.45, 2.75) is 37.6 Å². The number of likely N-dealkylation sites (tertiary alicyclic amines) is 1. The lowest BCUT2D eigenvalue weighted by atomic mass is 10.1. The van der Waals surface area contributed by atoms with Crippen LogP contribution in [0, 0.1) is 0 Å². The Labute approximate surface area is 194 Å². The van der Waals surface area contributed by atoms with Gasteiger partial charge in [0.15, 0.2) is 0 Å². The van der Waals surface area contributed by atoms with Crippen molar-refractivity contribution in [2.75, 3.05) is 13.7 Å². The molecule has 4 rings (SSSR count). The maximum Gasteiger partial charge on any atom is 0.416 e. The highest BCUT2D eigenvalue weighted by Gasteiger charge is 2.38. The number of hydrogen-bond acceptors (Lipinski definition) is 5. The van der Waals surface area contributed by atoms with Gasteiger partial charge in [-0.05, 0) is 35.7 Å². The highest BCUT2D eigenvalue weighted by molar-refractivity contribution is 5.82. The summed E-state index contributed by atoms with van der Waals surface area (Å²) < 4.78 is 43.8. The van der Waals surface area contributed by atoms with Crippen molar-refractivity contribution < 1.29 is 27.5 Å². The van der Waals surface area contributed by atoms with Crippen LogP contribution in [-0.2, 0) is 33.5 Å². The Morgan fingerprint density at radius 2 is 1.94 bits per heavy atom. The number of nitrogens with zero attached hydrogens (tertiary/aromatic N) is 2. The third-order valence-corrected chi connectivity index (χ3v) is 5.97. The average Bonchev–Trinajstić information content (AvgIpc) is 3.20. The van der Waals surface area contributed by atoms with Crippen LogP contribution in [0.5, 0.6) is 0 Å². The van der Waals surface area contributed by atoms with E-state index in [0.717, 1.165) is 28.6 Å². The van der Waals surface area contributed by atoms with Crippen molar-refractivity contribution in [1.29, 1.82) is 0 Å². The number of nitrogens with one attached hydrogen (secondary N) is 1. The molecule has 1 amide bonds. The van der Waals surface area contributed by atoms with E-state index < -0.39 is 29.7 Å². The summed E-state index contributed by atoms with van der Waals surface area (Å²) in [6.45, 7) is 0.869. The summed E-state index contributed by atoms with van der Waals surface area (Å²) in [6, 6.07) is 13.5. The molecule has 1 aliphatic heterocycles. The Bertz CT molecular complexity index is 1190. The van der Waals surface area contributed by atoms with Gasteiger partial charge in [-0.2, -0.15) is 13.2 Å². The van der Waals surface area contributed by atoms with Crippen LogP contribution < -0.4 is 5.32 Å². The first-order valence-corrected chi connectivity index (χ1v) is 10.8. The number of hydrogen-bond donors (Lipinski definition) is 1. The fraction of sp³-hybridized carbons (Fsp3) is 0.320. The number of carbonyl (C=O) groups excluding carboxylic acids is 2. The van der Waals surface area contributed by atoms with E-state index in [-0.39, 0.29) is 18.0 Å². The van der Waals surface area contributed by atoms with E-state index >= 15 is 0 Å². The van der Waals surface area contributed by atoms with Crippen LogP contribution in [0.15, 0.2) is 60.8 Å². The number of carbonyl (C=O) groups is 2. The number of ether oxygens (including phenoxy) is 1. The monoisotopic (exact) mass is 471 g/mol. The molecule has 1 aliphatic rings. The molecule has 1 saturated heterocycles. The first-order valence-electron chi connectivity index (χ1n) is 10.8. The second kappa shape index (κ2) is 9.80. The molecule has 2 heterocycles. The van der Waals surface area contributed by atoms with E-state index in [2.05, 4.69) is 10.3 Å². The number of fused-ring (bicyclic) bond motifs is 1. The number of alkyl halides is 3. The van der Waals surface area contributed by atoms with Gasteiger partial charge in [-0.3, -0.25) is 19.5 Å². The number of aromatic nitrogens is 1. The number of benzene rings is 2. The van der Waals surface area contributed by atoms with E-state index in [1.807, 2.05) is 35.2 Å². The summed E-state index contributed by atoms with van der Waals surface area (Å²) >= 11 is 0. The summed E-state index contributed by atoms with van der Waals surface area (Å²) in [5.41, 5.74) is 1.32. The number of pyridine rings is 1. The third-order valence-electron chi connectivity index (χ3n) is 5.97. The van der Waals surface area contributed by atoms with Crippen LogP contribution in [0.2, 0.25) is 0 Å². The van der Waals surface area contributed by atoms with Crippen molar-refractivity contribution in [3.05, 3.63) is 77.5 Å². The molecule has 34 heavy (non-hydrogen) atoms. The minimum atomic E-state index is -4.47. The molecule has 3 aromatic rings. The van der Waals surface area contributed by atoms with Crippen molar-refractivity contribution in [3.63, 3.8) is 0 Å². The molecule has 1 aromatic heterocycles. The molecule has 2 aromatic carbocycles. The number of amides is 1. The van der Waals surface area contributed by atoms with Crippen molar-refractivity contribution in [3.8, 4) is 0 Å². The van der Waals surface area contributed by atoms with Gasteiger partial charge in [0.25, 0.3) is 0 Å². The van der Waals surface area contributed by atoms with E-state index in [1.165, 1.54) is 19.2 Å². The summed E-state index contributed by atoms with van der Waals surface area (Å²) in [6.07, 6.45) is -2.58. The molecule has 1 fully saturated rings. The predicted octanol–water partition coefficient (Wildman–Crippen LogP) is 3.73. The molecule has 178 valence electrons. The van der Waals surface area contributed by atoms with Gasteiger partial charge in [-0.1, -0.05) is 36.4 Å². The van der Waals surface area contributed by atoms with Crippen LogP contribution in [0.3, 0.4) is 0 Å². The van der Waals surface area contributed by atoms with Crippen molar-refractivity contribution in [2.24, 2.45) is 0 Å². The fourth-order valence-electron chi connectivity index (χ4n) is 4.40. The molecule has 1 N–H and O–H groups in total. The molecule has 9 heteroatoms. The van der Waals surface area contributed by atoms with E-state index in [1.54, 1.807) is 6.20 Å². The summed E-state index contributed by atoms with van der Waals surface area (Å²) in [5, 5.41) is 3.84. The second-order valence-corrected chi connectivity index (χ2v) is 8.33. The number of rotatable bonds is 6. The average molecular weight is 471 g/mol. The Kier molecular flexibility index (Phi) is 6.83. The molecule has 2 atom stereocenters. The minimum absolute atomic E-state index is 0.182. The van der Waals surface area contributed by atoms with E-state index in [9.17, 15) is 22.8 Å². The maximum absolute atomic E-state index is 13.0. The lowest BCUT2D eigenvalue weighted by molar-refractivity contribution is -0.146. The summed E-state index contributed by atoms with van der Waals surface area (Å²) in [5.74, 6) is -0.794. The Balaban J connectivity index is 1.45. The topological polar surface area (TPSA) is 71.5 Å². The smallest absolute Gasteiger partial charge is 0.416 e. The molecule has 6 nitrogen and oxygen atoms in total. The molecule has 0 bridgehead atoms. The van der Waals surface area contributed by atoms with Gasteiger partial charge in [0.1, 0.15) is 6.04 Å². The van der Waals surface area contributed by atoms with E-state index in [0.29, 0.717) is 19.5 Å². The first kappa shape index (κ1) is 23.7. The number of halogens is 3. The quantitative estimate of drug-likeness (QED) is 0.555. The Morgan fingerprint density at radius 3 is 2.71 bits per heavy atom. The van der Waals surface area contributed by atoms with Crippen molar-refractivity contribution >= 4 is 22.8 Å². The molecule has 0 saturated carbocycles. The molecule has 0 radical (unpaired) electrons. The van der Waals surface area contributed by atoms with Gasteiger partial charge in [0, 0.05) is 30.7 Å². The lowest BCUT2D eigenvalue weighted by Crippen LogP contribution is -2.38. The standard InChI is InChI=1S/C25H24F3N3O3/c1-34-24(33)22-13-19(30-23(32)12-16-5-4-6-18(11-16)25(26,27)28)15-31(22)14-17-9-10-29-21-8-3-2-7-20(17)21/h2-11,19,22H,12-15H2,1H3,(H,30,32)/t19-,22-/m0/s1. The SMILES string of the molecule is COC(=O)[C@@H]1C[C@H](NC(=O)Cc2cccc(C(F)(F)F)c2)CN1Cc1ccnc2ccccc12. The molecular formula is C25H24F3N3O3. The van der Waals surface area contributed by atoms with Crippen LogP contribution in [0.1, 0.15) is 23.1 Å². The van der Waals surface area contributed by atoms with Crippen LogP contribution in [0.4, 0.5) is 13.2 Å². The summed E-state index contributed by atoms with van der Waals surface area (Å²) in [4.78, 5) is 31.3. The molecule has 0 unspecified atom stereocenters. The summed E-state index contributed by atoms with van der Waals surface area (Å²) in [7, 11) is 1.32. The molecule has 0 aliphatic carbocycles. The molecular weight excluding hydrogens is 447 g/mol. The Hall–Kier alpha value is -3.46. The van der Waals surface area contributed by atoms with Gasteiger partial charge in [0.2, 0.25) is 5.91 Å². The minimum Gasteiger partial charge on any atom is -0.468 e. The zero-order valence-electron chi connectivity index (χ0n) is 18.5. The van der Waals surface area contributed by atoms with Gasteiger partial charge in [-0.15, -0.1) is 0 Å². The highest BCUT2D eigenvalue weighted by Crippen LogP contribution is 2.30. The van der Waals surface area contributed by atoms with Gasteiger partial charge < -0.3 is 10.1 Å². The number of methoxy groups -OCH3 is 1. The highest BCUT2D eigenvalue weighted by atomic mass is 19.4. The van der Waals surface area contributed by atoms with Gasteiger partial charge >= 0.3 is 12.1 Å². The van der Waals surface area contributed by atoms with Crippen molar-refractivity contribution in [1.82, 2.24) is 15.2 Å². The van der Waals surface area contributed by atoms with Crippen LogP contribution >= 0.6 is 0 Å². The number of para-hydroxylation sites is 1. The molecule has 0 spiro atoms.